The zero-order chi connectivity index (χ0) is 19.4. The van der Waals surface area contributed by atoms with E-state index in [1.807, 2.05) is 6.07 Å². The second kappa shape index (κ2) is 8.09. The summed E-state index contributed by atoms with van der Waals surface area (Å²) in [7, 11) is 3.06. The molecule has 2 N–H and O–H groups in total. The molecule has 2 aromatic carbocycles. The fourth-order valence-corrected chi connectivity index (χ4v) is 2.92. The number of ether oxygens (including phenoxy) is 2. The molecule has 0 bridgehead atoms. The van der Waals surface area contributed by atoms with Crippen molar-refractivity contribution in [2.24, 2.45) is 4.99 Å². The van der Waals surface area contributed by atoms with Gasteiger partial charge >= 0.3 is 0 Å². The minimum atomic E-state index is -0.510. The molecule has 7 nitrogen and oxygen atoms in total. The molecule has 0 aromatic heterocycles. The molecular weight excluding hydrogens is 370 g/mol. The molecule has 8 heteroatoms. The number of aliphatic imine (C=N–C) groups is 1. The molecule has 0 unspecified atom stereocenters. The summed E-state index contributed by atoms with van der Waals surface area (Å²) in [6.45, 7) is 0. The van der Waals surface area contributed by atoms with Gasteiger partial charge in [0.1, 0.15) is 0 Å². The number of carbonyl (C=O) groups excluding carboxylic acids is 2. The lowest BCUT2D eigenvalue weighted by molar-refractivity contribution is -0.120. The Balaban J connectivity index is 1.87. The number of nitrogens with zero attached hydrogens (tertiary/aromatic N) is 1. The SMILES string of the molecule is COc1cccc([C@H]2CC(=O)NC(NC(=O)c3ccc(Cl)cc3)=N2)c1OC. The molecule has 0 radical (unpaired) electrons. The summed E-state index contributed by atoms with van der Waals surface area (Å²) in [6.07, 6.45) is 0.129. The highest BCUT2D eigenvalue weighted by molar-refractivity contribution is 6.30. The van der Waals surface area contributed by atoms with Gasteiger partial charge in [-0.1, -0.05) is 23.7 Å². The van der Waals surface area contributed by atoms with Crippen LogP contribution in [0.3, 0.4) is 0 Å². The summed E-state index contributed by atoms with van der Waals surface area (Å²) < 4.78 is 10.7. The Morgan fingerprint density at radius 2 is 1.93 bits per heavy atom. The Morgan fingerprint density at radius 3 is 2.59 bits per heavy atom. The molecule has 2 aromatic rings. The lowest BCUT2D eigenvalue weighted by Gasteiger charge is -2.23. The van der Waals surface area contributed by atoms with Gasteiger partial charge in [-0.3, -0.25) is 20.2 Å². The predicted octanol–water partition coefficient (Wildman–Crippen LogP) is 2.70. The highest BCUT2D eigenvalue weighted by Crippen LogP contribution is 2.38. The molecule has 1 atom stereocenters. The molecule has 1 heterocycles. The molecule has 0 fully saturated rings. The number of rotatable bonds is 4. The van der Waals surface area contributed by atoms with E-state index in [2.05, 4.69) is 15.6 Å². The van der Waals surface area contributed by atoms with Gasteiger partial charge in [0.2, 0.25) is 11.9 Å². The van der Waals surface area contributed by atoms with Gasteiger partial charge in [0.05, 0.1) is 26.7 Å². The Bertz CT molecular complexity index is 896. The molecule has 0 saturated heterocycles. The number of nitrogens with one attached hydrogen (secondary N) is 2. The van der Waals surface area contributed by atoms with Gasteiger partial charge in [-0.2, -0.15) is 0 Å². The van der Waals surface area contributed by atoms with Crippen LogP contribution in [0.4, 0.5) is 0 Å². The third kappa shape index (κ3) is 4.20. The highest BCUT2D eigenvalue weighted by atomic mass is 35.5. The molecular formula is C19H18ClN3O4. The van der Waals surface area contributed by atoms with E-state index in [0.717, 1.165) is 0 Å². The van der Waals surface area contributed by atoms with E-state index in [9.17, 15) is 9.59 Å². The van der Waals surface area contributed by atoms with Gasteiger partial charge in [-0.15, -0.1) is 0 Å². The second-order valence-electron chi connectivity index (χ2n) is 5.79. The van der Waals surface area contributed by atoms with Crippen LogP contribution in [0.5, 0.6) is 11.5 Å². The molecule has 27 heavy (non-hydrogen) atoms. The number of halogens is 1. The van der Waals surface area contributed by atoms with Crippen LogP contribution in [0.15, 0.2) is 47.5 Å². The van der Waals surface area contributed by atoms with Gasteiger partial charge in [-0.25, -0.2) is 4.99 Å². The lowest BCUT2D eigenvalue weighted by Crippen LogP contribution is -2.47. The number of carbonyl (C=O) groups is 2. The fourth-order valence-electron chi connectivity index (χ4n) is 2.79. The summed E-state index contributed by atoms with van der Waals surface area (Å²) >= 11 is 5.83. The maximum absolute atomic E-state index is 12.4. The summed E-state index contributed by atoms with van der Waals surface area (Å²) in [5.41, 5.74) is 1.10. The summed E-state index contributed by atoms with van der Waals surface area (Å²) in [4.78, 5) is 29.0. The lowest BCUT2D eigenvalue weighted by atomic mass is 10.0. The van der Waals surface area contributed by atoms with Gasteiger partial charge in [0.15, 0.2) is 11.5 Å². The van der Waals surface area contributed by atoms with E-state index in [4.69, 9.17) is 21.1 Å². The van der Waals surface area contributed by atoms with Gasteiger partial charge in [0.25, 0.3) is 5.91 Å². The Hall–Kier alpha value is -3.06. The van der Waals surface area contributed by atoms with Crippen LogP contribution in [0.25, 0.3) is 0 Å². The smallest absolute Gasteiger partial charge is 0.257 e. The van der Waals surface area contributed by atoms with Crippen molar-refractivity contribution in [3.05, 3.63) is 58.6 Å². The van der Waals surface area contributed by atoms with Crippen LogP contribution >= 0.6 is 11.6 Å². The molecule has 0 saturated carbocycles. The normalized spacial score (nSPS) is 16.2. The van der Waals surface area contributed by atoms with E-state index in [0.29, 0.717) is 27.6 Å². The number of amides is 2. The first-order valence-corrected chi connectivity index (χ1v) is 8.55. The summed E-state index contributed by atoms with van der Waals surface area (Å²) in [5.74, 6) is 0.478. The first-order valence-electron chi connectivity index (χ1n) is 8.17. The van der Waals surface area contributed by atoms with Crippen LogP contribution in [0, 0.1) is 0 Å². The zero-order valence-electron chi connectivity index (χ0n) is 14.8. The highest BCUT2D eigenvalue weighted by Gasteiger charge is 2.27. The maximum Gasteiger partial charge on any atom is 0.257 e. The van der Waals surface area contributed by atoms with Gasteiger partial charge in [-0.05, 0) is 30.3 Å². The first-order chi connectivity index (χ1) is 13.0. The van der Waals surface area contributed by atoms with Crippen molar-refractivity contribution in [3.8, 4) is 11.5 Å². The van der Waals surface area contributed by atoms with Crippen molar-refractivity contribution in [1.29, 1.82) is 0 Å². The van der Waals surface area contributed by atoms with E-state index < -0.39 is 11.9 Å². The van der Waals surface area contributed by atoms with Gasteiger partial charge in [0, 0.05) is 16.1 Å². The zero-order valence-corrected chi connectivity index (χ0v) is 15.5. The van der Waals surface area contributed by atoms with Crippen molar-refractivity contribution in [1.82, 2.24) is 10.6 Å². The number of guanidine groups is 1. The average Bonchev–Trinajstić information content (AvgIpc) is 2.67. The topological polar surface area (TPSA) is 89.0 Å². The molecule has 2 amide bonds. The number of hydrogen-bond donors (Lipinski definition) is 2. The predicted molar refractivity (Wildman–Crippen MR) is 101 cm³/mol. The molecule has 140 valence electrons. The number of para-hydroxylation sites is 1. The molecule has 0 spiro atoms. The van der Waals surface area contributed by atoms with Crippen LogP contribution in [-0.4, -0.2) is 32.0 Å². The van der Waals surface area contributed by atoms with Crippen molar-refractivity contribution < 1.29 is 19.1 Å². The van der Waals surface area contributed by atoms with Gasteiger partial charge < -0.3 is 9.47 Å². The molecule has 1 aliphatic rings. The van der Waals surface area contributed by atoms with E-state index in [1.54, 1.807) is 36.4 Å². The largest absolute Gasteiger partial charge is 0.493 e. The number of methoxy groups -OCH3 is 2. The standard InChI is InChI=1S/C19H18ClN3O4/c1-26-15-5-3-4-13(17(15)27-2)14-10-16(24)22-19(21-14)23-18(25)11-6-8-12(20)9-7-11/h3-9,14H,10H2,1-2H3,(H2,21,22,23,24,25)/t14-/m1/s1. The third-order valence-corrected chi connectivity index (χ3v) is 4.30. The fraction of sp³-hybridized carbons (Fsp3) is 0.211. The summed E-state index contributed by atoms with van der Waals surface area (Å²) in [6, 6.07) is 11.3. The Kier molecular flexibility index (Phi) is 5.61. The average molecular weight is 388 g/mol. The van der Waals surface area contributed by atoms with Crippen LogP contribution in [0.2, 0.25) is 5.02 Å². The van der Waals surface area contributed by atoms with Crippen LogP contribution in [0.1, 0.15) is 28.4 Å². The Labute approximate surface area is 161 Å². The minimum Gasteiger partial charge on any atom is -0.493 e. The van der Waals surface area contributed by atoms with E-state index >= 15 is 0 Å². The first kappa shape index (κ1) is 18.7. The quantitative estimate of drug-likeness (QED) is 0.844. The molecule has 0 aliphatic carbocycles. The third-order valence-electron chi connectivity index (χ3n) is 4.05. The summed E-state index contributed by atoms with van der Waals surface area (Å²) in [5, 5.41) is 5.72. The van der Waals surface area contributed by atoms with Crippen LogP contribution in [-0.2, 0) is 4.79 Å². The van der Waals surface area contributed by atoms with E-state index in [-0.39, 0.29) is 18.3 Å². The monoisotopic (exact) mass is 387 g/mol. The van der Waals surface area contributed by atoms with Crippen LogP contribution < -0.4 is 20.1 Å². The van der Waals surface area contributed by atoms with Crippen molar-refractivity contribution in [2.75, 3.05) is 14.2 Å². The number of benzene rings is 2. The van der Waals surface area contributed by atoms with Crippen molar-refractivity contribution in [3.63, 3.8) is 0 Å². The number of hydrogen-bond acceptors (Lipinski definition) is 5. The van der Waals surface area contributed by atoms with E-state index in [1.165, 1.54) is 14.2 Å². The maximum atomic E-state index is 12.4. The second-order valence-corrected chi connectivity index (χ2v) is 6.23. The van der Waals surface area contributed by atoms with Crippen molar-refractivity contribution >= 4 is 29.4 Å². The Morgan fingerprint density at radius 1 is 1.19 bits per heavy atom. The molecule has 3 rings (SSSR count). The molecule has 1 aliphatic heterocycles. The van der Waals surface area contributed by atoms with Crippen molar-refractivity contribution in [2.45, 2.75) is 12.5 Å². The minimum absolute atomic E-state index is 0.0843.